The number of amides is 2. The normalized spacial score (nSPS) is 15.4. The summed E-state index contributed by atoms with van der Waals surface area (Å²) in [5, 5.41) is 8.83. The van der Waals surface area contributed by atoms with Crippen LogP contribution in [0.5, 0.6) is 0 Å². The van der Waals surface area contributed by atoms with E-state index in [1.54, 1.807) is 9.80 Å². The molecule has 0 radical (unpaired) electrons. The zero-order chi connectivity index (χ0) is 14.0. The third-order valence-electron chi connectivity index (χ3n) is 3.04. The molecule has 0 unspecified atom stereocenters. The molecule has 1 aliphatic heterocycles. The quantitative estimate of drug-likeness (QED) is 0.868. The SMILES string of the molecule is CC(=O)N1CCN(C(=O)c2ccc(C(=O)O)s2)CC1. The molecule has 2 rings (SSSR count). The second-order valence-corrected chi connectivity index (χ2v) is 5.35. The van der Waals surface area contributed by atoms with Crippen molar-refractivity contribution in [1.82, 2.24) is 9.80 Å². The number of carbonyl (C=O) groups is 3. The monoisotopic (exact) mass is 282 g/mol. The molecule has 102 valence electrons. The molecule has 1 aromatic heterocycles. The molecule has 1 aromatic rings. The van der Waals surface area contributed by atoms with Gasteiger partial charge in [0.25, 0.3) is 5.91 Å². The summed E-state index contributed by atoms with van der Waals surface area (Å²) in [6, 6.07) is 2.97. The molecule has 19 heavy (non-hydrogen) atoms. The zero-order valence-electron chi connectivity index (χ0n) is 10.5. The van der Waals surface area contributed by atoms with Gasteiger partial charge in [0, 0.05) is 33.1 Å². The van der Waals surface area contributed by atoms with Gasteiger partial charge in [-0.1, -0.05) is 0 Å². The predicted octanol–water partition coefficient (Wildman–Crippen LogP) is 0.751. The highest BCUT2D eigenvalue weighted by Gasteiger charge is 2.24. The van der Waals surface area contributed by atoms with Gasteiger partial charge in [0.15, 0.2) is 0 Å². The van der Waals surface area contributed by atoms with Gasteiger partial charge in [-0.2, -0.15) is 0 Å². The number of carboxylic acids is 1. The Morgan fingerprint density at radius 2 is 1.58 bits per heavy atom. The molecular formula is C12H14N2O4S. The molecule has 0 aliphatic carbocycles. The second-order valence-electron chi connectivity index (χ2n) is 4.27. The average Bonchev–Trinajstić information content (AvgIpc) is 2.87. The van der Waals surface area contributed by atoms with Crippen LogP contribution < -0.4 is 0 Å². The van der Waals surface area contributed by atoms with Crippen molar-refractivity contribution in [2.45, 2.75) is 6.92 Å². The third kappa shape index (κ3) is 2.93. The van der Waals surface area contributed by atoms with E-state index in [2.05, 4.69) is 0 Å². The standard InChI is InChI=1S/C12H14N2O4S/c1-8(15)13-4-6-14(7-5-13)11(16)9-2-3-10(19-9)12(17)18/h2-3H,4-7H2,1H3,(H,17,18). The first-order valence-corrected chi connectivity index (χ1v) is 6.68. The Kier molecular flexibility index (Phi) is 3.84. The van der Waals surface area contributed by atoms with Crippen molar-refractivity contribution in [3.8, 4) is 0 Å². The van der Waals surface area contributed by atoms with Gasteiger partial charge in [-0.05, 0) is 12.1 Å². The van der Waals surface area contributed by atoms with E-state index in [4.69, 9.17) is 5.11 Å². The van der Waals surface area contributed by atoms with Crippen molar-refractivity contribution >= 4 is 29.1 Å². The number of piperazine rings is 1. The fraction of sp³-hybridized carbons (Fsp3) is 0.417. The molecule has 7 heteroatoms. The van der Waals surface area contributed by atoms with Crippen molar-refractivity contribution in [1.29, 1.82) is 0 Å². The summed E-state index contributed by atoms with van der Waals surface area (Å²) < 4.78 is 0. The van der Waals surface area contributed by atoms with Crippen LogP contribution in [-0.2, 0) is 4.79 Å². The number of hydrogen-bond donors (Lipinski definition) is 1. The fourth-order valence-corrected chi connectivity index (χ4v) is 2.76. The summed E-state index contributed by atoms with van der Waals surface area (Å²) in [6.45, 7) is 3.53. The average molecular weight is 282 g/mol. The maximum absolute atomic E-state index is 12.2. The van der Waals surface area contributed by atoms with E-state index >= 15 is 0 Å². The molecule has 0 bridgehead atoms. The van der Waals surface area contributed by atoms with Gasteiger partial charge in [-0.3, -0.25) is 9.59 Å². The molecule has 0 saturated carbocycles. The van der Waals surface area contributed by atoms with Crippen LogP contribution in [0.3, 0.4) is 0 Å². The molecule has 0 atom stereocenters. The van der Waals surface area contributed by atoms with E-state index in [0.717, 1.165) is 11.3 Å². The number of thiophene rings is 1. The van der Waals surface area contributed by atoms with Crippen molar-refractivity contribution in [2.75, 3.05) is 26.2 Å². The van der Waals surface area contributed by atoms with Crippen LogP contribution in [0.25, 0.3) is 0 Å². The van der Waals surface area contributed by atoms with Gasteiger partial charge in [0.2, 0.25) is 5.91 Å². The first-order valence-electron chi connectivity index (χ1n) is 5.87. The molecule has 1 aliphatic rings. The van der Waals surface area contributed by atoms with Crippen molar-refractivity contribution < 1.29 is 19.5 Å². The van der Waals surface area contributed by atoms with Crippen molar-refractivity contribution in [2.24, 2.45) is 0 Å². The van der Waals surface area contributed by atoms with Gasteiger partial charge in [-0.25, -0.2) is 4.79 Å². The minimum Gasteiger partial charge on any atom is -0.477 e. The van der Waals surface area contributed by atoms with E-state index in [1.165, 1.54) is 19.1 Å². The highest BCUT2D eigenvalue weighted by atomic mass is 32.1. The van der Waals surface area contributed by atoms with Crippen LogP contribution in [0.4, 0.5) is 0 Å². The van der Waals surface area contributed by atoms with Crippen LogP contribution in [0.2, 0.25) is 0 Å². The van der Waals surface area contributed by atoms with Crippen LogP contribution in [0.15, 0.2) is 12.1 Å². The van der Waals surface area contributed by atoms with E-state index in [1.807, 2.05) is 0 Å². The topological polar surface area (TPSA) is 77.9 Å². The minimum atomic E-state index is -1.02. The molecule has 6 nitrogen and oxygen atoms in total. The van der Waals surface area contributed by atoms with Gasteiger partial charge in [0.1, 0.15) is 4.88 Å². The molecular weight excluding hydrogens is 268 g/mol. The lowest BCUT2D eigenvalue weighted by Crippen LogP contribution is -2.49. The highest BCUT2D eigenvalue weighted by Crippen LogP contribution is 2.19. The largest absolute Gasteiger partial charge is 0.477 e. The molecule has 1 saturated heterocycles. The number of aromatic carboxylic acids is 1. The van der Waals surface area contributed by atoms with E-state index in [0.29, 0.717) is 31.1 Å². The van der Waals surface area contributed by atoms with Crippen LogP contribution in [0.1, 0.15) is 26.3 Å². The number of nitrogens with zero attached hydrogens (tertiary/aromatic N) is 2. The summed E-state index contributed by atoms with van der Waals surface area (Å²) in [6.07, 6.45) is 0. The first-order chi connectivity index (χ1) is 8.99. The van der Waals surface area contributed by atoms with Gasteiger partial charge in [0.05, 0.1) is 4.88 Å². The Morgan fingerprint density at radius 1 is 1.05 bits per heavy atom. The summed E-state index contributed by atoms with van der Waals surface area (Å²) >= 11 is 0.979. The summed E-state index contributed by atoms with van der Waals surface area (Å²) in [7, 11) is 0. The Labute approximate surface area is 114 Å². The molecule has 1 N–H and O–H groups in total. The van der Waals surface area contributed by atoms with Gasteiger partial charge >= 0.3 is 5.97 Å². The lowest BCUT2D eigenvalue weighted by molar-refractivity contribution is -0.130. The fourth-order valence-electron chi connectivity index (χ4n) is 1.95. The lowest BCUT2D eigenvalue weighted by atomic mass is 10.3. The van der Waals surface area contributed by atoms with E-state index < -0.39 is 5.97 Å². The molecule has 2 amide bonds. The number of hydrogen-bond acceptors (Lipinski definition) is 4. The summed E-state index contributed by atoms with van der Waals surface area (Å²) in [4.78, 5) is 38.0. The summed E-state index contributed by atoms with van der Waals surface area (Å²) in [5.41, 5.74) is 0. The first kappa shape index (κ1) is 13.5. The van der Waals surface area contributed by atoms with Gasteiger partial charge < -0.3 is 14.9 Å². The number of carboxylic acid groups (broad SMARTS) is 1. The van der Waals surface area contributed by atoms with Gasteiger partial charge in [-0.15, -0.1) is 11.3 Å². The Balaban J connectivity index is 2.01. The van der Waals surface area contributed by atoms with Crippen molar-refractivity contribution in [3.63, 3.8) is 0 Å². The van der Waals surface area contributed by atoms with Crippen molar-refractivity contribution in [3.05, 3.63) is 21.9 Å². The maximum Gasteiger partial charge on any atom is 0.345 e. The Hall–Kier alpha value is -1.89. The van der Waals surface area contributed by atoms with E-state index in [-0.39, 0.29) is 16.7 Å². The lowest BCUT2D eigenvalue weighted by Gasteiger charge is -2.33. The maximum atomic E-state index is 12.2. The van der Waals surface area contributed by atoms with Crippen LogP contribution in [-0.4, -0.2) is 58.9 Å². The predicted molar refractivity (Wildman–Crippen MR) is 69.4 cm³/mol. The Bertz CT molecular complexity index is 518. The molecule has 0 aromatic carbocycles. The Morgan fingerprint density at radius 3 is 2.05 bits per heavy atom. The summed E-state index contributed by atoms with van der Waals surface area (Å²) in [5.74, 6) is -1.18. The number of rotatable bonds is 2. The molecule has 0 spiro atoms. The number of carbonyl (C=O) groups excluding carboxylic acids is 2. The third-order valence-corrected chi connectivity index (χ3v) is 4.10. The van der Waals surface area contributed by atoms with E-state index in [9.17, 15) is 14.4 Å². The van der Waals surface area contributed by atoms with Crippen LogP contribution in [0, 0.1) is 0 Å². The molecule has 2 heterocycles. The highest BCUT2D eigenvalue weighted by molar-refractivity contribution is 7.15. The minimum absolute atomic E-state index is 0.0105. The smallest absolute Gasteiger partial charge is 0.345 e. The second kappa shape index (κ2) is 5.40. The zero-order valence-corrected chi connectivity index (χ0v) is 11.3. The van der Waals surface area contributed by atoms with Crippen LogP contribution >= 0.6 is 11.3 Å². The molecule has 1 fully saturated rings.